The average molecular weight is 280 g/mol. The van der Waals surface area contributed by atoms with Crippen LogP contribution < -0.4 is 5.73 Å². The highest BCUT2D eigenvalue weighted by molar-refractivity contribution is 5.79. The zero-order chi connectivity index (χ0) is 14.7. The van der Waals surface area contributed by atoms with Gasteiger partial charge in [0.15, 0.2) is 0 Å². The maximum absolute atomic E-state index is 12.8. The van der Waals surface area contributed by atoms with Crippen molar-refractivity contribution in [3.05, 3.63) is 0 Å². The summed E-state index contributed by atoms with van der Waals surface area (Å²) >= 11 is 0. The third-order valence-corrected chi connectivity index (χ3v) is 5.77. The first-order chi connectivity index (χ1) is 9.52. The van der Waals surface area contributed by atoms with Crippen molar-refractivity contribution in [1.82, 2.24) is 4.90 Å². The summed E-state index contributed by atoms with van der Waals surface area (Å²) in [7, 11) is 2.01. The van der Waals surface area contributed by atoms with Gasteiger partial charge in [-0.05, 0) is 56.8 Å². The van der Waals surface area contributed by atoms with Gasteiger partial charge in [-0.25, -0.2) is 0 Å². The monoisotopic (exact) mass is 280 g/mol. The molecule has 0 aliphatic heterocycles. The second-order valence-corrected chi connectivity index (χ2v) is 7.22. The lowest BCUT2D eigenvalue weighted by Gasteiger charge is -2.39. The highest BCUT2D eigenvalue weighted by Gasteiger charge is 2.35. The second kappa shape index (κ2) is 6.93. The molecule has 0 aromatic rings. The standard InChI is InChI=1S/C17H32N2O/c1-4-13-6-8-14(9-7-13)19(3)17(20)15-11-12(2)5-10-16(15)18/h12-16H,4-11,18H2,1-3H3. The molecule has 0 aromatic carbocycles. The molecule has 0 heterocycles. The average Bonchev–Trinajstić information content (AvgIpc) is 2.48. The molecule has 116 valence electrons. The van der Waals surface area contributed by atoms with Crippen molar-refractivity contribution in [2.45, 2.75) is 77.3 Å². The van der Waals surface area contributed by atoms with Crippen LogP contribution in [0.2, 0.25) is 0 Å². The van der Waals surface area contributed by atoms with Crippen LogP contribution >= 0.6 is 0 Å². The van der Waals surface area contributed by atoms with E-state index < -0.39 is 0 Å². The highest BCUT2D eigenvalue weighted by Crippen LogP contribution is 2.33. The Morgan fingerprint density at radius 1 is 1.15 bits per heavy atom. The van der Waals surface area contributed by atoms with E-state index in [0.29, 0.717) is 17.9 Å². The minimum Gasteiger partial charge on any atom is -0.342 e. The quantitative estimate of drug-likeness (QED) is 0.863. The van der Waals surface area contributed by atoms with Crippen LogP contribution in [0.15, 0.2) is 0 Å². The van der Waals surface area contributed by atoms with Gasteiger partial charge in [0.1, 0.15) is 0 Å². The molecule has 0 aromatic heterocycles. The fourth-order valence-corrected chi connectivity index (χ4v) is 4.07. The van der Waals surface area contributed by atoms with Crippen LogP contribution in [0.25, 0.3) is 0 Å². The minimum atomic E-state index is 0.0626. The second-order valence-electron chi connectivity index (χ2n) is 7.22. The Hall–Kier alpha value is -0.570. The molecular formula is C17H32N2O. The maximum Gasteiger partial charge on any atom is 0.227 e. The van der Waals surface area contributed by atoms with E-state index in [9.17, 15) is 4.79 Å². The van der Waals surface area contributed by atoms with Crippen molar-refractivity contribution < 1.29 is 4.79 Å². The summed E-state index contributed by atoms with van der Waals surface area (Å²) in [4.78, 5) is 14.8. The number of carbonyl (C=O) groups excluding carboxylic acids is 1. The molecule has 3 atom stereocenters. The van der Waals surface area contributed by atoms with E-state index in [2.05, 4.69) is 13.8 Å². The van der Waals surface area contributed by atoms with Gasteiger partial charge in [-0.3, -0.25) is 4.79 Å². The summed E-state index contributed by atoms with van der Waals surface area (Å²) in [6.07, 6.45) is 9.38. The Morgan fingerprint density at radius 3 is 2.40 bits per heavy atom. The Kier molecular flexibility index (Phi) is 5.48. The zero-order valence-corrected chi connectivity index (χ0v) is 13.5. The fraction of sp³-hybridized carbons (Fsp3) is 0.941. The molecule has 2 fully saturated rings. The molecule has 2 rings (SSSR count). The van der Waals surface area contributed by atoms with Crippen molar-refractivity contribution in [2.24, 2.45) is 23.5 Å². The SMILES string of the molecule is CCC1CCC(N(C)C(=O)C2CC(C)CCC2N)CC1. The molecule has 3 nitrogen and oxygen atoms in total. The Bertz CT molecular complexity index is 323. The van der Waals surface area contributed by atoms with E-state index in [4.69, 9.17) is 5.73 Å². The van der Waals surface area contributed by atoms with E-state index in [1.165, 1.54) is 38.5 Å². The van der Waals surface area contributed by atoms with Gasteiger partial charge >= 0.3 is 0 Å². The summed E-state index contributed by atoms with van der Waals surface area (Å²) in [6.45, 7) is 4.53. The molecule has 0 radical (unpaired) electrons. The van der Waals surface area contributed by atoms with E-state index >= 15 is 0 Å². The van der Waals surface area contributed by atoms with Crippen molar-refractivity contribution >= 4 is 5.91 Å². The molecule has 0 bridgehead atoms. The molecule has 0 spiro atoms. The highest BCUT2D eigenvalue weighted by atomic mass is 16.2. The minimum absolute atomic E-state index is 0.0626. The van der Waals surface area contributed by atoms with Crippen molar-refractivity contribution in [3.63, 3.8) is 0 Å². The third-order valence-electron chi connectivity index (χ3n) is 5.77. The molecule has 1 amide bonds. The van der Waals surface area contributed by atoms with Crippen molar-refractivity contribution in [3.8, 4) is 0 Å². The van der Waals surface area contributed by atoms with Crippen LogP contribution in [0.5, 0.6) is 0 Å². The van der Waals surface area contributed by atoms with Crippen molar-refractivity contribution in [1.29, 1.82) is 0 Å². The molecule has 2 aliphatic rings. The first kappa shape index (κ1) is 15.8. The normalized spacial score (nSPS) is 38.5. The van der Waals surface area contributed by atoms with E-state index in [1.807, 2.05) is 11.9 Å². The number of nitrogens with two attached hydrogens (primary N) is 1. The van der Waals surface area contributed by atoms with Gasteiger partial charge in [0, 0.05) is 19.1 Å². The van der Waals surface area contributed by atoms with Crippen LogP contribution in [0.1, 0.15) is 65.2 Å². The number of hydrogen-bond acceptors (Lipinski definition) is 2. The number of carbonyl (C=O) groups is 1. The lowest BCUT2D eigenvalue weighted by atomic mass is 9.77. The van der Waals surface area contributed by atoms with Gasteiger partial charge in [-0.2, -0.15) is 0 Å². The first-order valence-electron chi connectivity index (χ1n) is 8.55. The molecule has 2 N–H and O–H groups in total. The smallest absolute Gasteiger partial charge is 0.227 e. The number of amides is 1. The summed E-state index contributed by atoms with van der Waals surface area (Å²) in [6, 6.07) is 0.530. The third kappa shape index (κ3) is 3.55. The molecule has 2 aliphatic carbocycles. The lowest BCUT2D eigenvalue weighted by Crippen LogP contribution is -2.49. The molecule has 2 saturated carbocycles. The number of rotatable bonds is 3. The zero-order valence-electron chi connectivity index (χ0n) is 13.5. The molecule has 0 saturated heterocycles. The summed E-state index contributed by atoms with van der Waals surface area (Å²) in [5, 5.41) is 0. The van der Waals surface area contributed by atoms with Gasteiger partial charge in [-0.1, -0.05) is 20.3 Å². The summed E-state index contributed by atoms with van der Waals surface area (Å²) in [5.41, 5.74) is 6.21. The van der Waals surface area contributed by atoms with Gasteiger partial charge in [0.05, 0.1) is 5.92 Å². The largest absolute Gasteiger partial charge is 0.342 e. The Balaban J connectivity index is 1.91. The maximum atomic E-state index is 12.8. The molecule has 3 unspecified atom stereocenters. The van der Waals surface area contributed by atoms with Gasteiger partial charge in [0.25, 0.3) is 0 Å². The Labute approximate surface area is 124 Å². The van der Waals surface area contributed by atoms with Crippen LogP contribution in [0, 0.1) is 17.8 Å². The van der Waals surface area contributed by atoms with Gasteiger partial charge < -0.3 is 10.6 Å². The molecule has 3 heteroatoms. The first-order valence-corrected chi connectivity index (χ1v) is 8.55. The van der Waals surface area contributed by atoms with Gasteiger partial charge in [0.2, 0.25) is 5.91 Å². The van der Waals surface area contributed by atoms with Crippen LogP contribution in [0.3, 0.4) is 0 Å². The summed E-state index contributed by atoms with van der Waals surface area (Å²) < 4.78 is 0. The van der Waals surface area contributed by atoms with E-state index in [-0.39, 0.29) is 12.0 Å². The van der Waals surface area contributed by atoms with Crippen LogP contribution in [0.4, 0.5) is 0 Å². The number of nitrogens with zero attached hydrogens (tertiary/aromatic N) is 1. The molecular weight excluding hydrogens is 248 g/mol. The molecule has 20 heavy (non-hydrogen) atoms. The fourth-order valence-electron chi connectivity index (χ4n) is 4.07. The van der Waals surface area contributed by atoms with E-state index in [1.54, 1.807) is 0 Å². The van der Waals surface area contributed by atoms with E-state index in [0.717, 1.165) is 18.8 Å². The van der Waals surface area contributed by atoms with Gasteiger partial charge in [-0.15, -0.1) is 0 Å². The lowest BCUT2D eigenvalue weighted by molar-refractivity contribution is -0.139. The predicted molar refractivity (Wildman–Crippen MR) is 83.3 cm³/mol. The predicted octanol–water partition coefficient (Wildman–Crippen LogP) is 3.18. The van der Waals surface area contributed by atoms with Crippen LogP contribution in [-0.4, -0.2) is 29.9 Å². The topological polar surface area (TPSA) is 46.3 Å². The Morgan fingerprint density at radius 2 is 1.80 bits per heavy atom. The number of hydrogen-bond donors (Lipinski definition) is 1. The van der Waals surface area contributed by atoms with Crippen LogP contribution in [-0.2, 0) is 4.79 Å². The summed E-state index contributed by atoms with van der Waals surface area (Å²) in [5.74, 6) is 1.90. The van der Waals surface area contributed by atoms with Crippen molar-refractivity contribution in [2.75, 3.05) is 7.05 Å².